The van der Waals surface area contributed by atoms with E-state index in [0.717, 1.165) is 5.56 Å². The lowest BCUT2D eigenvalue weighted by atomic mass is 10.2. The number of carbonyl (C=O) groups is 2. The molecule has 2 amide bonds. The van der Waals surface area contributed by atoms with Crippen LogP contribution in [0.15, 0.2) is 79.1 Å². The largest absolute Gasteiger partial charge is 0.348 e. The quantitative estimate of drug-likeness (QED) is 0.645. The predicted molar refractivity (Wildman–Crippen MR) is 104 cm³/mol. The smallest absolute Gasteiger partial charge is 0.290 e. The monoisotopic (exact) mass is 380 g/mol. The van der Waals surface area contributed by atoms with Gasteiger partial charge in [-0.25, -0.2) is 0 Å². The van der Waals surface area contributed by atoms with E-state index in [-0.39, 0.29) is 18.4 Å². The first-order valence-electron chi connectivity index (χ1n) is 8.47. The van der Waals surface area contributed by atoms with Gasteiger partial charge in [0.1, 0.15) is 0 Å². The maximum Gasteiger partial charge on any atom is 0.290 e. The highest BCUT2D eigenvalue weighted by Gasteiger charge is 2.12. The maximum atomic E-state index is 12.2. The Kier molecular flexibility index (Phi) is 6.18. The van der Waals surface area contributed by atoms with E-state index >= 15 is 0 Å². The van der Waals surface area contributed by atoms with Gasteiger partial charge in [0.05, 0.1) is 5.56 Å². The number of carbonyl (C=O) groups excluding carboxylic acids is 2. The molecule has 1 aromatic heterocycles. The summed E-state index contributed by atoms with van der Waals surface area (Å²) in [5.41, 5.74) is 2.26. The number of halogens is 1. The minimum Gasteiger partial charge on any atom is -0.348 e. The molecular formula is C21H19ClN3O2+. The molecule has 0 unspecified atom stereocenters. The van der Waals surface area contributed by atoms with E-state index in [1.165, 1.54) is 0 Å². The number of nitrogens with one attached hydrogen (secondary N) is 2. The zero-order valence-electron chi connectivity index (χ0n) is 14.6. The van der Waals surface area contributed by atoms with Crippen LogP contribution in [0.4, 0.5) is 5.69 Å². The van der Waals surface area contributed by atoms with Crippen molar-refractivity contribution in [3.8, 4) is 0 Å². The molecule has 6 heteroatoms. The minimum atomic E-state index is -0.163. The number of pyridine rings is 1. The molecule has 0 atom stereocenters. The zero-order chi connectivity index (χ0) is 19.1. The van der Waals surface area contributed by atoms with Crippen LogP contribution in [-0.4, -0.2) is 11.8 Å². The van der Waals surface area contributed by atoms with E-state index in [1.54, 1.807) is 53.4 Å². The number of aromatic nitrogens is 1. The fraction of sp³-hybridized carbons (Fsp3) is 0.0952. The summed E-state index contributed by atoms with van der Waals surface area (Å²) in [4.78, 5) is 24.3. The van der Waals surface area contributed by atoms with E-state index in [0.29, 0.717) is 22.8 Å². The van der Waals surface area contributed by atoms with Gasteiger partial charge >= 0.3 is 0 Å². The van der Waals surface area contributed by atoms with Crippen LogP contribution in [0.5, 0.6) is 0 Å². The number of anilines is 1. The molecule has 0 aliphatic rings. The average Bonchev–Trinajstić information content (AvgIpc) is 2.69. The molecule has 0 saturated heterocycles. The van der Waals surface area contributed by atoms with Crippen molar-refractivity contribution in [2.24, 2.45) is 0 Å². The van der Waals surface area contributed by atoms with Crippen molar-refractivity contribution in [2.75, 3.05) is 5.32 Å². The molecule has 0 saturated carbocycles. The summed E-state index contributed by atoms with van der Waals surface area (Å²) in [6.07, 6.45) is 3.41. The molecule has 3 rings (SSSR count). The predicted octanol–water partition coefficient (Wildman–Crippen LogP) is 3.20. The van der Waals surface area contributed by atoms with E-state index in [1.807, 2.05) is 30.3 Å². The topological polar surface area (TPSA) is 62.1 Å². The molecule has 0 fully saturated rings. The highest BCUT2D eigenvalue weighted by molar-refractivity contribution is 6.30. The molecule has 2 aromatic carbocycles. The second-order valence-electron chi connectivity index (χ2n) is 5.98. The first-order chi connectivity index (χ1) is 13.1. The molecule has 5 nitrogen and oxygen atoms in total. The van der Waals surface area contributed by atoms with Crippen LogP contribution in [0.25, 0.3) is 0 Å². The van der Waals surface area contributed by atoms with Crippen molar-refractivity contribution in [2.45, 2.75) is 13.1 Å². The number of amides is 2. The molecule has 136 valence electrons. The summed E-state index contributed by atoms with van der Waals surface area (Å²) in [7, 11) is 0. The maximum absolute atomic E-state index is 12.2. The van der Waals surface area contributed by atoms with Gasteiger partial charge in [0.25, 0.3) is 11.8 Å². The Morgan fingerprint density at radius 1 is 0.889 bits per heavy atom. The molecule has 0 aliphatic carbocycles. The van der Waals surface area contributed by atoms with Crippen molar-refractivity contribution < 1.29 is 14.2 Å². The Morgan fingerprint density at radius 2 is 1.56 bits per heavy atom. The third kappa shape index (κ3) is 5.66. The van der Waals surface area contributed by atoms with Crippen LogP contribution < -0.4 is 15.2 Å². The fourth-order valence-electron chi connectivity index (χ4n) is 2.49. The molecule has 0 bridgehead atoms. The molecule has 2 N–H and O–H groups in total. The van der Waals surface area contributed by atoms with E-state index < -0.39 is 0 Å². The van der Waals surface area contributed by atoms with Crippen molar-refractivity contribution in [1.29, 1.82) is 0 Å². The number of hydrogen-bond acceptors (Lipinski definition) is 2. The van der Waals surface area contributed by atoms with Crippen molar-refractivity contribution in [3.05, 3.63) is 95.3 Å². The van der Waals surface area contributed by atoms with Crippen LogP contribution >= 0.6 is 11.6 Å². The summed E-state index contributed by atoms with van der Waals surface area (Å²) in [5.74, 6) is -0.319. The van der Waals surface area contributed by atoms with Crippen molar-refractivity contribution in [1.82, 2.24) is 5.32 Å². The van der Waals surface area contributed by atoms with E-state index in [4.69, 9.17) is 11.6 Å². The summed E-state index contributed by atoms with van der Waals surface area (Å²) in [6.45, 7) is 0.618. The summed E-state index contributed by atoms with van der Waals surface area (Å²) < 4.78 is 1.71. The Labute approximate surface area is 162 Å². The Hall–Kier alpha value is -3.18. The lowest BCUT2D eigenvalue weighted by Crippen LogP contribution is -2.40. The van der Waals surface area contributed by atoms with Crippen LogP contribution in [0.1, 0.15) is 15.9 Å². The number of rotatable bonds is 6. The van der Waals surface area contributed by atoms with Gasteiger partial charge in [0, 0.05) is 29.4 Å². The summed E-state index contributed by atoms with van der Waals surface area (Å²) in [6, 6.07) is 20.0. The molecular weight excluding hydrogens is 362 g/mol. The molecule has 0 radical (unpaired) electrons. The molecule has 0 aliphatic heterocycles. The standard InChI is InChI=1S/C21H18ClN3O2/c22-18-6-8-19(9-7-18)24-20(26)15-25-12-10-17(11-13-25)21(27)23-14-16-4-2-1-3-5-16/h1-13H,14-15H2,(H-,23,24,26,27)/p+1. The van der Waals surface area contributed by atoms with Gasteiger partial charge in [-0.15, -0.1) is 0 Å². The van der Waals surface area contributed by atoms with Crippen LogP contribution in [0.3, 0.4) is 0 Å². The highest BCUT2D eigenvalue weighted by atomic mass is 35.5. The fourth-order valence-corrected chi connectivity index (χ4v) is 2.62. The second-order valence-corrected chi connectivity index (χ2v) is 6.42. The van der Waals surface area contributed by atoms with Gasteiger partial charge in [-0.1, -0.05) is 41.9 Å². The second kappa shape index (κ2) is 8.96. The normalized spacial score (nSPS) is 10.3. The minimum absolute atomic E-state index is 0.147. The number of benzene rings is 2. The third-order valence-electron chi connectivity index (χ3n) is 3.90. The van der Waals surface area contributed by atoms with Gasteiger partial charge in [-0.05, 0) is 29.8 Å². The van der Waals surface area contributed by atoms with Gasteiger partial charge in [-0.2, -0.15) is 4.57 Å². The van der Waals surface area contributed by atoms with E-state index in [2.05, 4.69) is 10.6 Å². The molecule has 1 heterocycles. The van der Waals surface area contributed by atoms with Crippen molar-refractivity contribution in [3.63, 3.8) is 0 Å². The van der Waals surface area contributed by atoms with Crippen LogP contribution in [0, 0.1) is 0 Å². The SMILES string of the molecule is O=C(C[n+]1ccc(C(=O)NCc2ccccc2)cc1)Nc1ccc(Cl)cc1. The summed E-state index contributed by atoms with van der Waals surface area (Å²) >= 11 is 5.83. The van der Waals surface area contributed by atoms with Gasteiger partial charge in [0.15, 0.2) is 12.4 Å². The molecule has 0 spiro atoms. The highest BCUT2D eigenvalue weighted by Crippen LogP contribution is 2.13. The van der Waals surface area contributed by atoms with Crippen LogP contribution in [0.2, 0.25) is 5.02 Å². The first-order valence-corrected chi connectivity index (χ1v) is 8.84. The van der Waals surface area contributed by atoms with E-state index in [9.17, 15) is 9.59 Å². The van der Waals surface area contributed by atoms with Gasteiger partial charge in [0.2, 0.25) is 6.54 Å². The Balaban J connectivity index is 1.52. The summed E-state index contributed by atoms with van der Waals surface area (Å²) in [5, 5.41) is 6.28. The molecule has 27 heavy (non-hydrogen) atoms. The average molecular weight is 381 g/mol. The number of nitrogens with zero attached hydrogens (tertiary/aromatic N) is 1. The van der Waals surface area contributed by atoms with Gasteiger partial charge in [-0.3, -0.25) is 9.59 Å². The van der Waals surface area contributed by atoms with Gasteiger partial charge < -0.3 is 10.6 Å². The van der Waals surface area contributed by atoms with Crippen molar-refractivity contribution >= 4 is 29.1 Å². The number of hydrogen-bond donors (Lipinski definition) is 2. The Morgan fingerprint density at radius 3 is 2.22 bits per heavy atom. The van der Waals surface area contributed by atoms with Crippen LogP contribution in [-0.2, 0) is 17.9 Å². The third-order valence-corrected chi connectivity index (χ3v) is 4.16. The first kappa shape index (κ1) is 18.6. The zero-order valence-corrected chi connectivity index (χ0v) is 15.3. The molecule has 3 aromatic rings. The Bertz CT molecular complexity index is 910. The lowest BCUT2D eigenvalue weighted by molar-refractivity contribution is -0.684. The lowest BCUT2D eigenvalue weighted by Gasteiger charge is -2.05.